The van der Waals surface area contributed by atoms with Crippen molar-refractivity contribution in [2.45, 2.75) is 26.2 Å². The average molecular weight is 276 g/mol. The molecule has 1 heterocycles. The van der Waals surface area contributed by atoms with Crippen LogP contribution in [0.1, 0.15) is 36.8 Å². The molecule has 1 aromatic heterocycles. The summed E-state index contributed by atoms with van der Waals surface area (Å²) in [5, 5.41) is 34.8. The molecule has 0 aliphatic heterocycles. The van der Waals surface area contributed by atoms with E-state index in [1.165, 1.54) is 12.1 Å². The fourth-order valence-corrected chi connectivity index (χ4v) is 1.82. The van der Waals surface area contributed by atoms with Gasteiger partial charge in [0.15, 0.2) is 11.5 Å². The minimum atomic E-state index is -1.14. The number of carboxylic acids is 1. The number of aromatic carboxylic acids is 1. The highest BCUT2D eigenvalue weighted by Gasteiger charge is 2.21. The monoisotopic (exact) mass is 276 g/mol. The molecule has 6 heteroatoms. The zero-order valence-corrected chi connectivity index (χ0v) is 11.4. The number of phenols is 2. The first-order valence-electron chi connectivity index (χ1n) is 6.05. The van der Waals surface area contributed by atoms with Gasteiger partial charge in [0.1, 0.15) is 5.69 Å². The van der Waals surface area contributed by atoms with Crippen molar-refractivity contribution in [3.8, 4) is 22.8 Å². The zero-order chi connectivity index (χ0) is 15.1. The second kappa shape index (κ2) is 4.56. The largest absolute Gasteiger partial charge is 0.504 e. The van der Waals surface area contributed by atoms with Gasteiger partial charge < -0.3 is 15.3 Å². The van der Waals surface area contributed by atoms with Crippen LogP contribution in [-0.2, 0) is 5.41 Å². The van der Waals surface area contributed by atoms with Crippen LogP contribution in [0.25, 0.3) is 11.3 Å². The van der Waals surface area contributed by atoms with Crippen LogP contribution in [0.2, 0.25) is 0 Å². The molecule has 0 radical (unpaired) electrons. The van der Waals surface area contributed by atoms with Gasteiger partial charge >= 0.3 is 5.97 Å². The summed E-state index contributed by atoms with van der Waals surface area (Å²) in [4.78, 5) is 10.8. The number of carbonyl (C=O) groups is 1. The van der Waals surface area contributed by atoms with Crippen molar-refractivity contribution in [1.29, 1.82) is 0 Å². The maximum atomic E-state index is 10.8. The Balaban J connectivity index is 2.60. The summed E-state index contributed by atoms with van der Waals surface area (Å²) in [5.74, 6) is -1.71. The van der Waals surface area contributed by atoms with Crippen molar-refractivity contribution in [2.75, 3.05) is 0 Å². The molecule has 4 N–H and O–H groups in total. The minimum Gasteiger partial charge on any atom is -0.504 e. The number of nitrogens with one attached hydrogen (secondary N) is 1. The van der Waals surface area contributed by atoms with Crippen LogP contribution in [0.5, 0.6) is 11.5 Å². The van der Waals surface area contributed by atoms with Gasteiger partial charge in [-0.3, -0.25) is 5.10 Å². The zero-order valence-electron chi connectivity index (χ0n) is 11.4. The van der Waals surface area contributed by atoms with Gasteiger partial charge in [0, 0.05) is 5.56 Å². The Bertz CT molecular complexity index is 668. The number of hydrogen-bond acceptors (Lipinski definition) is 4. The number of nitrogens with zero attached hydrogens (tertiary/aromatic N) is 1. The molecule has 0 atom stereocenters. The van der Waals surface area contributed by atoms with Gasteiger partial charge in [0.05, 0.1) is 5.69 Å². The molecule has 0 bridgehead atoms. The van der Waals surface area contributed by atoms with E-state index in [1.807, 2.05) is 20.8 Å². The molecule has 0 fully saturated rings. The van der Waals surface area contributed by atoms with Crippen LogP contribution in [0, 0.1) is 0 Å². The number of H-pyrrole nitrogens is 1. The third-order valence-electron chi connectivity index (χ3n) is 3.04. The lowest BCUT2D eigenvalue weighted by Crippen LogP contribution is -2.11. The van der Waals surface area contributed by atoms with Crippen molar-refractivity contribution in [2.24, 2.45) is 0 Å². The van der Waals surface area contributed by atoms with E-state index in [2.05, 4.69) is 10.2 Å². The maximum absolute atomic E-state index is 10.8. The molecule has 0 amide bonds. The second-order valence-electron chi connectivity index (χ2n) is 5.61. The maximum Gasteiger partial charge on any atom is 0.353 e. The van der Waals surface area contributed by atoms with Gasteiger partial charge in [-0.25, -0.2) is 4.79 Å². The summed E-state index contributed by atoms with van der Waals surface area (Å²) >= 11 is 0. The van der Waals surface area contributed by atoms with E-state index in [-0.39, 0.29) is 28.3 Å². The van der Waals surface area contributed by atoms with E-state index >= 15 is 0 Å². The number of phenolic OH excluding ortho intramolecular Hbond substituents is 2. The highest BCUT2D eigenvalue weighted by molar-refractivity contribution is 5.87. The highest BCUT2D eigenvalue weighted by Crippen LogP contribution is 2.40. The Hall–Kier alpha value is -2.50. The molecule has 0 saturated heterocycles. The van der Waals surface area contributed by atoms with Gasteiger partial charge in [-0.15, -0.1) is 0 Å². The summed E-state index contributed by atoms with van der Waals surface area (Å²) in [6.07, 6.45) is 0. The summed E-state index contributed by atoms with van der Waals surface area (Å²) in [6, 6.07) is 4.49. The highest BCUT2D eigenvalue weighted by atomic mass is 16.4. The van der Waals surface area contributed by atoms with Gasteiger partial charge in [-0.05, 0) is 29.2 Å². The lowest BCUT2D eigenvalue weighted by molar-refractivity contribution is 0.0690. The van der Waals surface area contributed by atoms with E-state index < -0.39 is 5.97 Å². The Kier molecular flexibility index (Phi) is 3.17. The van der Waals surface area contributed by atoms with E-state index in [0.717, 1.165) is 5.56 Å². The van der Waals surface area contributed by atoms with Crippen LogP contribution in [0.4, 0.5) is 0 Å². The lowest BCUT2D eigenvalue weighted by Gasteiger charge is -2.20. The minimum absolute atomic E-state index is 0.0833. The van der Waals surface area contributed by atoms with Crippen molar-refractivity contribution in [1.82, 2.24) is 10.2 Å². The molecule has 2 aromatic rings. The van der Waals surface area contributed by atoms with Gasteiger partial charge in [0.2, 0.25) is 0 Å². The standard InChI is InChI=1S/C14H16N2O4/c1-14(2,3)7-4-8(12(18)11(17)5-7)9-6-10(13(19)20)16-15-9/h4-6,17-18H,1-3H3,(H,15,16)(H,19,20). The topological polar surface area (TPSA) is 106 Å². The second-order valence-corrected chi connectivity index (χ2v) is 5.61. The summed E-state index contributed by atoms with van der Waals surface area (Å²) < 4.78 is 0. The number of aromatic amines is 1. The molecular weight excluding hydrogens is 260 g/mol. The summed E-state index contributed by atoms with van der Waals surface area (Å²) in [5.41, 5.74) is 1.05. The predicted molar refractivity (Wildman–Crippen MR) is 73.0 cm³/mol. The lowest BCUT2D eigenvalue weighted by atomic mass is 9.85. The third kappa shape index (κ3) is 2.45. The smallest absolute Gasteiger partial charge is 0.353 e. The van der Waals surface area contributed by atoms with Crippen molar-refractivity contribution in [3.05, 3.63) is 29.5 Å². The van der Waals surface area contributed by atoms with Crippen LogP contribution >= 0.6 is 0 Å². The number of carboxylic acid groups (broad SMARTS) is 1. The number of rotatable bonds is 2. The quantitative estimate of drug-likeness (QED) is 0.630. The van der Waals surface area contributed by atoms with Crippen molar-refractivity contribution >= 4 is 5.97 Å². The molecule has 2 rings (SSSR count). The Morgan fingerprint density at radius 1 is 1.20 bits per heavy atom. The molecular formula is C14H16N2O4. The first-order chi connectivity index (χ1) is 9.20. The Labute approximate surface area is 115 Å². The molecule has 1 aromatic carbocycles. The molecule has 0 saturated carbocycles. The van der Waals surface area contributed by atoms with E-state index in [0.29, 0.717) is 5.56 Å². The number of aromatic hydroxyl groups is 2. The predicted octanol–water partition coefficient (Wildman–Crippen LogP) is 2.48. The van der Waals surface area contributed by atoms with Gasteiger partial charge in [0.25, 0.3) is 0 Å². The van der Waals surface area contributed by atoms with E-state index in [4.69, 9.17) is 5.11 Å². The Morgan fingerprint density at radius 2 is 1.85 bits per heavy atom. The molecule has 20 heavy (non-hydrogen) atoms. The number of aromatic nitrogens is 2. The Morgan fingerprint density at radius 3 is 2.35 bits per heavy atom. The van der Waals surface area contributed by atoms with Crippen LogP contribution in [0.3, 0.4) is 0 Å². The molecule has 0 unspecified atom stereocenters. The van der Waals surface area contributed by atoms with Crippen LogP contribution < -0.4 is 0 Å². The molecule has 6 nitrogen and oxygen atoms in total. The summed E-state index contributed by atoms with van der Waals surface area (Å²) in [6.45, 7) is 5.90. The molecule has 0 aliphatic carbocycles. The van der Waals surface area contributed by atoms with Gasteiger partial charge in [-0.1, -0.05) is 20.8 Å². The molecule has 106 valence electrons. The summed E-state index contributed by atoms with van der Waals surface area (Å²) in [7, 11) is 0. The van der Waals surface area contributed by atoms with Crippen LogP contribution in [-0.4, -0.2) is 31.5 Å². The number of benzene rings is 1. The first kappa shape index (κ1) is 13.9. The molecule has 0 spiro atoms. The van der Waals surface area contributed by atoms with E-state index in [9.17, 15) is 15.0 Å². The fourth-order valence-electron chi connectivity index (χ4n) is 1.82. The SMILES string of the molecule is CC(C)(C)c1cc(O)c(O)c(-c2cc(C(=O)O)[nH]n2)c1. The molecule has 0 aliphatic rings. The third-order valence-corrected chi connectivity index (χ3v) is 3.04. The number of hydrogen-bond donors (Lipinski definition) is 4. The van der Waals surface area contributed by atoms with Gasteiger partial charge in [-0.2, -0.15) is 5.10 Å². The van der Waals surface area contributed by atoms with Crippen molar-refractivity contribution in [3.63, 3.8) is 0 Å². The first-order valence-corrected chi connectivity index (χ1v) is 6.05. The normalized spacial score (nSPS) is 11.6. The fraction of sp³-hybridized carbons (Fsp3) is 0.286. The average Bonchev–Trinajstić information content (AvgIpc) is 2.80. The van der Waals surface area contributed by atoms with Crippen molar-refractivity contribution < 1.29 is 20.1 Å². The van der Waals surface area contributed by atoms with E-state index in [1.54, 1.807) is 6.07 Å². The van der Waals surface area contributed by atoms with Crippen LogP contribution in [0.15, 0.2) is 18.2 Å².